The molecule has 3 rings (SSSR count). The van der Waals surface area contributed by atoms with Crippen molar-refractivity contribution >= 4 is 5.91 Å². The zero-order valence-electron chi connectivity index (χ0n) is 14.8. The van der Waals surface area contributed by atoms with Crippen molar-refractivity contribution in [3.8, 4) is 5.75 Å². The van der Waals surface area contributed by atoms with Crippen molar-refractivity contribution in [1.82, 2.24) is 10.6 Å². The molecule has 2 N–H and O–H groups in total. The van der Waals surface area contributed by atoms with Crippen molar-refractivity contribution in [3.63, 3.8) is 0 Å². The van der Waals surface area contributed by atoms with Crippen LogP contribution in [0.15, 0.2) is 24.3 Å². The number of methoxy groups -OCH3 is 1. The van der Waals surface area contributed by atoms with E-state index in [1.54, 1.807) is 7.11 Å². The van der Waals surface area contributed by atoms with E-state index < -0.39 is 0 Å². The van der Waals surface area contributed by atoms with Gasteiger partial charge in [-0.05, 0) is 68.8 Å². The number of hydrogen-bond donors (Lipinski definition) is 2. The fourth-order valence-corrected chi connectivity index (χ4v) is 4.28. The summed E-state index contributed by atoms with van der Waals surface area (Å²) in [6.07, 6.45) is 7.74. The molecule has 24 heavy (non-hydrogen) atoms. The first-order valence-corrected chi connectivity index (χ1v) is 9.38. The van der Waals surface area contributed by atoms with E-state index >= 15 is 0 Å². The fourth-order valence-electron chi connectivity index (χ4n) is 4.28. The van der Waals surface area contributed by atoms with Gasteiger partial charge in [0.05, 0.1) is 12.5 Å². The lowest BCUT2D eigenvalue weighted by molar-refractivity contribution is -0.126. The predicted octanol–water partition coefficient (Wildman–Crippen LogP) is 3.01. The molecule has 2 aliphatic rings. The maximum absolute atomic E-state index is 13.0. The lowest BCUT2D eigenvalue weighted by Crippen LogP contribution is -2.43. The maximum Gasteiger partial charge on any atom is 0.230 e. The van der Waals surface area contributed by atoms with Crippen molar-refractivity contribution in [3.05, 3.63) is 29.8 Å². The number of carbonyl (C=O) groups excluding carboxylic acids is 1. The summed E-state index contributed by atoms with van der Waals surface area (Å²) >= 11 is 0. The molecule has 1 unspecified atom stereocenters. The highest BCUT2D eigenvalue weighted by Crippen LogP contribution is 2.42. The molecular weight excluding hydrogens is 300 g/mol. The molecule has 0 bridgehead atoms. The largest absolute Gasteiger partial charge is 0.497 e. The average molecular weight is 330 g/mol. The Balaban J connectivity index is 1.64. The molecular formula is C20H30N2O2. The Kier molecular flexibility index (Phi) is 5.77. The van der Waals surface area contributed by atoms with E-state index in [-0.39, 0.29) is 11.3 Å². The Hall–Kier alpha value is -1.55. The van der Waals surface area contributed by atoms with Gasteiger partial charge in [0.2, 0.25) is 5.91 Å². The van der Waals surface area contributed by atoms with E-state index in [0.29, 0.717) is 5.92 Å². The van der Waals surface area contributed by atoms with Gasteiger partial charge in [0.25, 0.3) is 0 Å². The Labute approximate surface area is 145 Å². The third-order valence-corrected chi connectivity index (χ3v) is 5.75. The topological polar surface area (TPSA) is 50.4 Å². The van der Waals surface area contributed by atoms with Crippen LogP contribution in [0, 0.1) is 5.92 Å². The molecule has 0 radical (unpaired) electrons. The maximum atomic E-state index is 13.0. The van der Waals surface area contributed by atoms with Crippen molar-refractivity contribution < 1.29 is 9.53 Å². The Morgan fingerprint density at radius 3 is 2.88 bits per heavy atom. The summed E-state index contributed by atoms with van der Waals surface area (Å²) in [6, 6.07) is 8.06. The van der Waals surface area contributed by atoms with Gasteiger partial charge in [0, 0.05) is 6.54 Å². The van der Waals surface area contributed by atoms with E-state index in [0.717, 1.165) is 63.1 Å². The number of rotatable bonds is 6. The molecule has 4 heteroatoms. The first kappa shape index (κ1) is 17.3. The fraction of sp³-hybridized carbons (Fsp3) is 0.650. The molecule has 132 valence electrons. The smallest absolute Gasteiger partial charge is 0.230 e. The van der Waals surface area contributed by atoms with Crippen molar-refractivity contribution in [1.29, 1.82) is 0 Å². The summed E-state index contributed by atoms with van der Waals surface area (Å²) in [6.45, 7) is 3.02. The van der Waals surface area contributed by atoms with Crippen LogP contribution in [-0.4, -0.2) is 32.7 Å². The third kappa shape index (κ3) is 3.75. The van der Waals surface area contributed by atoms with E-state index in [1.807, 2.05) is 18.2 Å². The molecule has 1 heterocycles. The lowest BCUT2D eigenvalue weighted by Gasteiger charge is -2.29. The zero-order chi connectivity index (χ0) is 16.8. The molecule has 0 aromatic heterocycles. The molecule has 1 aliphatic heterocycles. The van der Waals surface area contributed by atoms with Crippen molar-refractivity contribution in [2.75, 3.05) is 26.7 Å². The van der Waals surface area contributed by atoms with Gasteiger partial charge in [-0.3, -0.25) is 4.79 Å². The van der Waals surface area contributed by atoms with Gasteiger partial charge in [-0.2, -0.15) is 0 Å². The molecule has 1 aromatic carbocycles. The quantitative estimate of drug-likeness (QED) is 0.843. The highest BCUT2D eigenvalue weighted by Gasteiger charge is 2.42. The van der Waals surface area contributed by atoms with Gasteiger partial charge < -0.3 is 15.4 Å². The van der Waals surface area contributed by atoms with Crippen LogP contribution in [0.4, 0.5) is 0 Å². The summed E-state index contributed by atoms with van der Waals surface area (Å²) in [4.78, 5) is 13.0. The lowest BCUT2D eigenvalue weighted by atomic mass is 9.78. The van der Waals surface area contributed by atoms with Crippen LogP contribution < -0.4 is 15.4 Å². The molecule has 1 saturated carbocycles. The highest BCUT2D eigenvalue weighted by molar-refractivity contribution is 5.88. The molecule has 1 aromatic rings. The van der Waals surface area contributed by atoms with E-state index in [2.05, 4.69) is 16.7 Å². The second kappa shape index (κ2) is 8.02. The standard InChI is InChI=1S/C20H30N2O2/c1-24-18-8-4-7-17(14-18)20(10-2-3-11-20)19(23)22-13-9-16-6-5-12-21-15-16/h4,7-8,14,16,21H,2-3,5-6,9-13,15H2,1H3,(H,22,23). The summed E-state index contributed by atoms with van der Waals surface area (Å²) in [7, 11) is 1.68. The normalized spacial score (nSPS) is 23.0. The van der Waals surface area contributed by atoms with E-state index in [9.17, 15) is 4.79 Å². The first-order chi connectivity index (χ1) is 11.7. The number of piperidine rings is 1. The molecule has 1 atom stereocenters. The van der Waals surface area contributed by atoms with Crippen LogP contribution in [0.2, 0.25) is 0 Å². The number of amides is 1. The number of benzene rings is 1. The van der Waals surface area contributed by atoms with Crippen molar-refractivity contribution in [2.24, 2.45) is 5.92 Å². The van der Waals surface area contributed by atoms with Crippen LogP contribution >= 0.6 is 0 Å². The summed E-state index contributed by atoms with van der Waals surface area (Å²) in [5.74, 6) is 1.74. The summed E-state index contributed by atoms with van der Waals surface area (Å²) in [5, 5.41) is 6.69. The molecule has 1 aliphatic carbocycles. The second-order valence-corrected chi connectivity index (χ2v) is 7.28. The minimum absolute atomic E-state index is 0.206. The van der Waals surface area contributed by atoms with Gasteiger partial charge in [-0.25, -0.2) is 0 Å². The molecule has 2 fully saturated rings. The SMILES string of the molecule is COc1cccc(C2(C(=O)NCCC3CCCNC3)CCCC2)c1. The van der Waals surface area contributed by atoms with Gasteiger partial charge >= 0.3 is 0 Å². The van der Waals surface area contributed by atoms with Crippen LogP contribution in [-0.2, 0) is 10.2 Å². The second-order valence-electron chi connectivity index (χ2n) is 7.28. The van der Waals surface area contributed by atoms with Gasteiger partial charge in [-0.15, -0.1) is 0 Å². The molecule has 4 nitrogen and oxygen atoms in total. The van der Waals surface area contributed by atoms with E-state index in [4.69, 9.17) is 4.74 Å². The Morgan fingerprint density at radius 1 is 1.33 bits per heavy atom. The van der Waals surface area contributed by atoms with Gasteiger partial charge in [0.15, 0.2) is 0 Å². The van der Waals surface area contributed by atoms with Crippen LogP contribution in [0.5, 0.6) is 5.75 Å². The number of nitrogens with one attached hydrogen (secondary N) is 2. The van der Waals surface area contributed by atoms with Gasteiger partial charge in [-0.1, -0.05) is 25.0 Å². The van der Waals surface area contributed by atoms with E-state index in [1.165, 1.54) is 12.8 Å². The van der Waals surface area contributed by atoms with Crippen LogP contribution in [0.3, 0.4) is 0 Å². The minimum Gasteiger partial charge on any atom is -0.497 e. The van der Waals surface area contributed by atoms with Gasteiger partial charge in [0.1, 0.15) is 5.75 Å². The first-order valence-electron chi connectivity index (χ1n) is 9.38. The van der Waals surface area contributed by atoms with Crippen LogP contribution in [0.25, 0.3) is 0 Å². The number of carbonyl (C=O) groups is 1. The zero-order valence-corrected chi connectivity index (χ0v) is 14.8. The molecule has 1 saturated heterocycles. The minimum atomic E-state index is -0.362. The predicted molar refractivity (Wildman–Crippen MR) is 96.4 cm³/mol. The van der Waals surface area contributed by atoms with Crippen molar-refractivity contribution in [2.45, 2.75) is 50.4 Å². The highest BCUT2D eigenvalue weighted by atomic mass is 16.5. The average Bonchev–Trinajstić information content (AvgIpc) is 3.14. The molecule has 1 amide bonds. The number of ether oxygens (including phenoxy) is 1. The summed E-state index contributed by atoms with van der Waals surface area (Å²) in [5.41, 5.74) is 0.746. The third-order valence-electron chi connectivity index (χ3n) is 5.75. The summed E-state index contributed by atoms with van der Waals surface area (Å²) < 4.78 is 5.36. The van der Waals surface area contributed by atoms with Crippen LogP contribution in [0.1, 0.15) is 50.5 Å². The monoisotopic (exact) mass is 330 g/mol. The Bertz CT molecular complexity index is 546. The molecule has 0 spiro atoms. The number of hydrogen-bond acceptors (Lipinski definition) is 3. The Morgan fingerprint density at radius 2 is 2.17 bits per heavy atom.